The van der Waals surface area contributed by atoms with Crippen LogP contribution < -0.4 is 10.1 Å². The summed E-state index contributed by atoms with van der Waals surface area (Å²) in [4.78, 5) is 27.8. The number of benzene rings is 2. The lowest BCUT2D eigenvalue weighted by atomic mass is 9.95. The zero-order chi connectivity index (χ0) is 24.0. The highest BCUT2D eigenvalue weighted by Gasteiger charge is 2.29. The molecule has 0 radical (unpaired) electrons. The molecule has 0 bridgehead atoms. The number of amides is 2. The van der Waals surface area contributed by atoms with Crippen LogP contribution in [0.5, 0.6) is 5.75 Å². The lowest BCUT2D eigenvalue weighted by molar-refractivity contribution is -0.142. The van der Waals surface area contributed by atoms with Gasteiger partial charge in [-0.2, -0.15) is 0 Å². The molecule has 2 aromatic carbocycles. The Morgan fingerprint density at radius 3 is 2.36 bits per heavy atom. The van der Waals surface area contributed by atoms with Crippen molar-refractivity contribution in [3.63, 3.8) is 0 Å². The van der Waals surface area contributed by atoms with Crippen LogP contribution in [0.3, 0.4) is 0 Å². The summed E-state index contributed by atoms with van der Waals surface area (Å²) in [6.45, 7) is 5.58. The van der Waals surface area contributed by atoms with E-state index in [1.807, 2.05) is 32.0 Å². The standard InChI is InChI=1S/C26H32Cl2N2O3/c1-17-13-22(14-18(2)25(17)28)33-16-24(31)30(15-20-9-7-8-12-23(20)27)19(3)26(32)29-21-10-5-4-6-11-21/h7-9,12-14,19,21H,4-6,10-11,15-16H2,1-3H3,(H,29,32). The van der Waals surface area contributed by atoms with Crippen LogP contribution in [-0.4, -0.2) is 35.4 Å². The number of carbonyl (C=O) groups excluding carboxylic acids is 2. The summed E-state index contributed by atoms with van der Waals surface area (Å²) in [7, 11) is 0. The van der Waals surface area contributed by atoms with Gasteiger partial charge in [-0.3, -0.25) is 9.59 Å². The Bertz CT molecular complexity index is 966. The van der Waals surface area contributed by atoms with Crippen molar-refractivity contribution in [2.45, 2.75) is 71.5 Å². The molecule has 2 aromatic rings. The Balaban J connectivity index is 1.74. The molecule has 0 spiro atoms. The first-order valence-electron chi connectivity index (χ1n) is 11.5. The third-order valence-electron chi connectivity index (χ3n) is 6.19. The van der Waals surface area contributed by atoms with Crippen LogP contribution >= 0.6 is 23.2 Å². The largest absolute Gasteiger partial charge is 0.484 e. The fourth-order valence-electron chi connectivity index (χ4n) is 4.18. The zero-order valence-electron chi connectivity index (χ0n) is 19.5. The minimum atomic E-state index is -0.659. The molecule has 0 aliphatic heterocycles. The molecule has 1 saturated carbocycles. The lowest BCUT2D eigenvalue weighted by Crippen LogP contribution is -2.51. The molecular weight excluding hydrogens is 459 g/mol. The number of hydrogen-bond donors (Lipinski definition) is 1. The number of halogens is 2. The molecule has 5 nitrogen and oxygen atoms in total. The van der Waals surface area contributed by atoms with E-state index in [-0.39, 0.29) is 31.0 Å². The maximum atomic E-state index is 13.3. The minimum absolute atomic E-state index is 0.152. The second-order valence-corrected chi connectivity index (χ2v) is 9.58. The van der Waals surface area contributed by atoms with E-state index in [1.165, 1.54) is 11.3 Å². The summed E-state index contributed by atoms with van der Waals surface area (Å²) in [5.74, 6) is 0.131. The van der Waals surface area contributed by atoms with Crippen LogP contribution in [0.15, 0.2) is 36.4 Å². The second kappa shape index (κ2) is 11.8. The number of nitrogens with one attached hydrogen (secondary N) is 1. The first-order chi connectivity index (χ1) is 15.8. The Kier molecular flexibility index (Phi) is 9.04. The average molecular weight is 491 g/mol. The topological polar surface area (TPSA) is 58.6 Å². The van der Waals surface area contributed by atoms with E-state index in [0.717, 1.165) is 42.4 Å². The zero-order valence-corrected chi connectivity index (χ0v) is 21.0. The molecule has 2 amide bonds. The predicted molar refractivity (Wildman–Crippen MR) is 133 cm³/mol. The molecule has 3 rings (SSSR count). The highest BCUT2D eigenvalue weighted by atomic mass is 35.5. The van der Waals surface area contributed by atoms with Crippen molar-refractivity contribution in [1.82, 2.24) is 10.2 Å². The highest BCUT2D eigenvalue weighted by Crippen LogP contribution is 2.26. The minimum Gasteiger partial charge on any atom is -0.484 e. The van der Waals surface area contributed by atoms with Crippen molar-refractivity contribution in [1.29, 1.82) is 0 Å². The van der Waals surface area contributed by atoms with Crippen molar-refractivity contribution in [2.24, 2.45) is 0 Å². The fraction of sp³-hybridized carbons (Fsp3) is 0.462. The second-order valence-electron chi connectivity index (χ2n) is 8.79. The quantitative estimate of drug-likeness (QED) is 0.504. The van der Waals surface area contributed by atoms with Crippen molar-refractivity contribution in [3.8, 4) is 5.75 Å². The van der Waals surface area contributed by atoms with Gasteiger partial charge in [-0.1, -0.05) is 60.7 Å². The Labute approximate surface area is 206 Å². The molecule has 0 aromatic heterocycles. The molecule has 1 unspecified atom stereocenters. The monoisotopic (exact) mass is 490 g/mol. The van der Waals surface area contributed by atoms with Gasteiger partial charge in [0.2, 0.25) is 5.91 Å². The van der Waals surface area contributed by atoms with Gasteiger partial charge in [-0.05, 0) is 68.5 Å². The number of ether oxygens (including phenoxy) is 1. The van der Waals surface area contributed by atoms with Gasteiger partial charge in [0.25, 0.3) is 5.91 Å². The number of rotatable bonds is 8. The molecule has 1 atom stereocenters. The number of nitrogens with zero attached hydrogens (tertiary/aromatic N) is 1. The molecule has 1 fully saturated rings. The maximum Gasteiger partial charge on any atom is 0.261 e. The van der Waals surface area contributed by atoms with Crippen molar-refractivity contribution < 1.29 is 14.3 Å². The van der Waals surface area contributed by atoms with Gasteiger partial charge >= 0.3 is 0 Å². The average Bonchev–Trinajstić information content (AvgIpc) is 2.80. The van der Waals surface area contributed by atoms with Gasteiger partial charge < -0.3 is 15.0 Å². The van der Waals surface area contributed by atoms with Gasteiger partial charge in [-0.15, -0.1) is 0 Å². The lowest BCUT2D eigenvalue weighted by Gasteiger charge is -2.31. The molecule has 1 N–H and O–H groups in total. The first kappa shape index (κ1) is 25.4. The normalized spacial score (nSPS) is 15.1. The van der Waals surface area contributed by atoms with Gasteiger partial charge in [0.15, 0.2) is 6.61 Å². The summed E-state index contributed by atoms with van der Waals surface area (Å²) in [6, 6.07) is 10.5. The molecule has 178 valence electrons. The van der Waals surface area contributed by atoms with Crippen LogP contribution in [0.1, 0.15) is 55.7 Å². The van der Waals surface area contributed by atoms with E-state index in [2.05, 4.69) is 5.32 Å². The Morgan fingerprint density at radius 2 is 1.73 bits per heavy atom. The Morgan fingerprint density at radius 1 is 1.09 bits per heavy atom. The van der Waals surface area contributed by atoms with E-state index < -0.39 is 6.04 Å². The highest BCUT2D eigenvalue weighted by molar-refractivity contribution is 6.32. The predicted octanol–water partition coefficient (Wildman–Crippen LogP) is 5.86. The van der Waals surface area contributed by atoms with E-state index in [0.29, 0.717) is 15.8 Å². The molecule has 0 saturated heterocycles. The van der Waals surface area contributed by atoms with Crippen LogP contribution in [0.4, 0.5) is 0 Å². The van der Waals surface area contributed by atoms with Gasteiger partial charge in [-0.25, -0.2) is 0 Å². The maximum absolute atomic E-state index is 13.3. The van der Waals surface area contributed by atoms with Gasteiger partial charge in [0, 0.05) is 22.6 Å². The first-order valence-corrected chi connectivity index (χ1v) is 12.2. The molecule has 1 aliphatic carbocycles. The van der Waals surface area contributed by atoms with Gasteiger partial charge in [0.05, 0.1) is 0 Å². The van der Waals surface area contributed by atoms with E-state index >= 15 is 0 Å². The summed E-state index contributed by atoms with van der Waals surface area (Å²) >= 11 is 12.6. The molecular formula is C26H32Cl2N2O3. The number of aryl methyl sites for hydroxylation is 2. The molecule has 7 heteroatoms. The summed E-state index contributed by atoms with van der Waals surface area (Å²) in [6.07, 6.45) is 5.41. The Hall–Kier alpha value is -2.24. The molecule has 1 aliphatic rings. The smallest absolute Gasteiger partial charge is 0.261 e. The van der Waals surface area contributed by atoms with Crippen molar-refractivity contribution in [3.05, 3.63) is 63.1 Å². The third-order valence-corrected chi connectivity index (χ3v) is 7.15. The summed E-state index contributed by atoms with van der Waals surface area (Å²) < 4.78 is 5.80. The van der Waals surface area contributed by atoms with E-state index in [4.69, 9.17) is 27.9 Å². The van der Waals surface area contributed by atoms with Crippen LogP contribution in [0, 0.1) is 13.8 Å². The fourth-order valence-corrected chi connectivity index (χ4v) is 4.48. The SMILES string of the molecule is Cc1cc(OCC(=O)N(Cc2ccccc2Cl)C(C)C(=O)NC2CCCCC2)cc(C)c1Cl. The third kappa shape index (κ3) is 6.87. The van der Waals surface area contributed by atoms with Crippen LogP contribution in [0.25, 0.3) is 0 Å². The van der Waals surface area contributed by atoms with E-state index in [1.54, 1.807) is 25.1 Å². The number of carbonyl (C=O) groups is 2. The number of hydrogen-bond acceptors (Lipinski definition) is 3. The van der Waals surface area contributed by atoms with E-state index in [9.17, 15) is 9.59 Å². The van der Waals surface area contributed by atoms with Gasteiger partial charge in [0.1, 0.15) is 11.8 Å². The summed E-state index contributed by atoms with van der Waals surface area (Å²) in [5.41, 5.74) is 2.54. The molecule has 0 heterocycles. The van der Waals surface area contributed by atoms with Crippen LogP contribution in [0.2, 0.25) is 10.0 Å². The molecule has 33 heavy (non-hydrogen) atoms. The summed E-state index contributed by atoms with van der Waals surface area (Å²) in [5, 5.41) is 4.37. The van der Waals surface area contributed by atoms with Crippen molar-refractivity contribution in [2.75, 3.05) is 6.61 Å². The van der Waals surface area contributed by atoms with Crippen LogP contribution in [-0.2, 0) is 16.1 Å². The van der Waals surface area contributed by atoms with Crippen molar-refractivity contribution >= 4 is 35.0 Å².